The third-order valence-corrected chi connectivity index (χ3v) is 8.11. The van der Waals surface area contributed by atoms with Crippen molar-refractivity contribution >= 4 is 17.9 Å². The number of aliphatic carboxylic acids is 1. The number of carboxylic acid groups (broad SMARTS) is 1. The SMILES string of the molecule is CCCC/C=C\C/C=C\CCCCCCCC(=O)OC(COC(=O)CCCCCCC/C=C\CCCC)COC(OCC[N+](C)(C)C)C(=O)[O-]. The van der Waals surface area contributed by atoms with Gasteiger partial charge in [-0.15, -0.1) is 0 Å². The van der Waals surface area contributed by atoms with Crippen molar-refractivity contribution in [2.45, 2.75) is 161 Å². The summed E-state index contributed by atoms with van der Waals surface area (Å²) in [6, 6.07) is 0. The lowest BCUT2D eigenvalue weighted by atomic mass is 10.1. The molecule has 0 aromatic rings. The molecule has 2 atom stereocenters. The molecule has 0 aromatic heterocycles. The van der Waals surface area contributed by atoms with E-state index in [1.54, 1.807) is 0 Å². The number of esters is 2. The third-order valence-electron chi connectivity index (χ3n) is 8.11. The van der Waals surface area contributed by atoms with Gasteiger partial charge >= 0.3 is 11.9 Å². The van der Waals surface area contributed by atoms with Crippen molar-refractivity contribution in [2.75, 3.05) is 47.5 Å². The maximum atomic E-state index is 12.7. The minimum atomic E-state index is -1.62. The summed E-state index contributed by atoms with van der Waals surface area (Å²) in [5.41, 5.74) is 0. The van der Waals surface area contributed by atoms with Crippen LogP contribution in [0.5, 0.6) is 0 Å². The highest BCUT2D eigenvalue weighted by Crippen LogP contribution is 2.12. The predicted molar refractivity (Wildman–Crippen MR) is 200 cm³/mol. The number of nitrogens with zero attached hydrogens (tertiary/aromatic N) is 1. The number of ether oxygens (including phenoxy) is 4. The van der Waals surface area contributed by atoms with Crippen LogP contribution >= 0.6 is 0 Å². The standard InChI is InChI=1S/C41H73NO8/c1-6-8-10-12-14-16-18-19-20-22-24-26-28-30-32-39(44)50-37(36-49-41(40(45)46)47-34-33-42(3,4)5)35-48-38(43)31-29-27-25-23-21-17-15-13-11-9-7-2/h12-15,18-19,37,41H,6-11,16-17,20-36H2,1-5H3/b14-12-,15-13-,19-18-. The number of carbonyl (C=O) groups is 3. The monoisotopic (exact) mass is 708 g/mol. The molecule has 0 aromatic carbocycles. The molecule has 9 nitrogen and oxygen atoms in total. The Kier molecular flexibility index (Phi) is 32.0. The summed E-state index contributed by atoms with van der Waals surface area (Å²) >= 11 is 0. The normalized spacial score (nSPS) is 13.4. The van der Waals surface area contributed by atoms with Gasteiger partial charge in [0.1, 0.15) is 13.2 Å². The molecule has 0 saturated carbocycles. The molecule has 0 amide bonds. The van der Waals surface area contributed by atoms with Crippen LogP contribution in [0.3, 0.4) is 0 Å². The van der Waals surface area contributed by atoms with Crippen LogP contribution in [0.4, 0.5) is 0 Å². The summed E-state index contributed by atoms with van der Waals surface area (Å²) in [6.07, 6.45) is 31.7. The highest BCUT2D eigenvalue weighted by molar-refractivity contribution is 5.70. The Bertz CT molecular complexity index is 924. The van der Waals surface area contributed by atoms with E-state index in [-0.39, 0.29) is 38.6 Å². The zero-order chi connectivity index (χ0) is 37.1. The lowest BCUT2D eigenvalue weighted by molar-refractivity contribution is -0.870. The molecule has 50 heavy (non-hydrogen) atoms. The van der Waals surface area contributed by atoms with Gasteiger partial charge in [0, 0.05) is 12.8 Å². The molecular weight excluding hydrogens is 634 g/mol. The van der Waals surface area contributed by atoms with Crippen molar-refractivity contribution in [3.63, 3.8) is 0 Å². The summed E-state index contributed by atoms with van der Waals surface area (Å²) in [5, 5.41) is 11.6. The first-order valence-corrected chi connectivity index (χ1v) is 19.6. The fourth-order valence-corrected chi connectivity index (χ4v) is 4.94. The topological polar surface area (TPSA) is 111 Å². The average Bonchev–Trinajstić information content (AvgIpc) is 3.06. The fraction of sp³-hybridized carbons (Fsp3) is 0.780. The second kappa shape index (κ2) is 33.6. The van der Waals surface area contributed by atoms with Gasteiger partial charge in [0.15, 0.2) is 12.4 Å². The van der Waals surface area contributed by atoms with Crippen LogP contribution in [0.25, 0.3) is 0 Å². The molecule has 2 unspecified atom stereocenters. The fourth-order valence-electron chi connectivity index (χ4n) is 4.94. The molecule has 0 saturated heterocycles. The highest BCUT2D eigenvalue weighted by atomic mass is 16.7. The van der Waals surface area contributed by atoms with Crippen molar-refractivity contribution in [3.8, 4) is 0 Å². The molecule has 0 bridgehead atoms. The number of unbranched alkanes of at least 4 members (excludes halogenated alkanes) is 14. The summed E-state index contributed by atoms with van der Waals surface area (Å²) in [6.45, 7) is 4.60. The van der Waals surface area contributed by atoms with Gasteiger partial charge in [-0.05, 0) is 57.8 Å². The molecule has 0 spiro atoms. The van der Waals surface area contributed by atoms with Crippen LogP contribution in [0.1, 0.15) is 149 Å². The molecule has 9 heteroatoms. The number of carbonyl (C=O) groups excluding carboxylic acids is 3. The highest BCUT2D eigenvalue weighted by Gasteiger charge is 2.21. The van der Waals surface area contributed by atoms with Crippen LogP contribution in [-0.4, -0.2) is 82.3 Å². The van der Waals surface area contributed by atoms with E-state index < -0.39 is 24.3 Å². The van der Waals surface area contributed by atoms with Gasteiger partial charge in [-0.2, -0.15) is 0 Å². The summed E-state index contributed by atoms with van der Waals surface area (Å²) in [7, 11) is 5.89. The summed E-state index contributed by atoms with van der Waals surface area (Å²) in [5.74, 6) is -2.32. The van der Waals surface area contributed by atoms with E-state index in [0.29, 0.717) is 17.4 Å². The maximum Gasteiger partial charge on any atom is 0.306 e. The lowest BCUT2D eigenvalue weighted by Crippen LogP contribution is -2.44. The first kappa shape index (κ1) is 47.5. The minimum absolute atomic E-state index is 0.143. The lowest BCUT2D eigenvalue weighted by Gasteiger charge is -2.26. The molecule has 0 aliphatic carbocycles. The number of quaternary nitrogens is 1. The molecule has 0 rings (SSSR count). The molecule has 0 radical (unpaired) electrons. The van der Waals surface area contributed by atoms with Gasteiger partial charge in [0.05, 0.1) is 40.3 Å². The molecule has 290 valence electrons. The van der Waals surface area contributed by atoms with Gasteiger partial charge in [0.25, 0.3) is 0 Å². The van der Waals surface area contributed by atoms with Crippen molar-refractivity contribution in [2.24, 2.45) is 0 Å². The van der Waals surface area contributed by atoms with E-state index in [1.807, 2.05) is 21.1 Å². The minimum Gasteiger partial charge on any atom is -0.545 e. The van der Waals surface area contributed by atoms with Gasteiger partial charge in [-0.1, -0.05) is 115 Å². The number of carboxylic acids is 1. The molecule has 0 aliphatic rings. The second-order valence-electron chi connectivity index (χ2n) is 14.2. The number of allylic oxidation sites excluding steroid dienone is 6. The molecule has 0 aliphatic heterocycles. The third kappa shape index (κ3) is 34.0. The zero-order valence-electron chi connectivity index (χ0n) is 32.5. The van der Waals surface area contributed by atoms with Crippen molar-refractivity contribution in [3.05, 3.63) is 36.5 Å². The molecule has 0 N–H and O–H groups in total. The Balaban J connectivity index is 4.57. The Hall–Kier alpha value is -2.49. The first-order chi connectivity index (χ1) is 24.1. The van der Waals surface area contributed by atoms with Crippen LogP contribution in [0, 0.1) is 0 Å². The number of hydrogen-bond acceptors (Lipinski definition) is 8. The largest absolute Gasteiger partial charge is 0.545 e. The Labute approximate surface area is 305 Å². The summed E-state index contributed by atoms with van der Waals surface area (Å²) in [4.78, 5) is 36.7. The summed E-state index contributed by atoms with van der Waals surface area (Å²) < 4.78 is 22.4. The Morgan fingerprint density at radius 1 is 0.600 bits per heavy atom. The van der Waals surface area contributed by atoms with Gasteiger partial charge < -0.3 is 33.3 Å². The zero-order valence-corrected chi connectivity index (χ0v) is 32.5. The van der Waals surface area contributed by atoms with E-state index in [1.165, 1.54) is 25.7 Å². The number of rotatable bonds is 35. The number of likely N-dealkylation sites (N-methyl/N-ethyl adjacent to an activating group) is 1. The average molecular weight is 708 g/mol. The van der Waals surface area contributed by atoms with E-state index in [9.17, 15) is 19.5 Å². The van der Waals surface area contributed by atoms with Crippen molar-refractivity contribution in [1.82, 2.24) is 0 Å². The van der Waals surface area contributed by atoms with Crippen LogP contribution in [-0.2, 0) is 33.3 Å². The second-order valence-corrected chi connectivity index (χ2v) is 14.2. The van der Waals surface area contributed by atoms with Crippen molar-refractivity contribution in [1.29, 1.82) is 0 Å². The van der Waals surface area contributed by atoms with Gasteiger partial charge in [-0.25, -0.2) is 0 Å². The Morgan fingerprint density at radius 3 is 1.60 bits per heavy atom. The smallest absolute Gasteiger partial charge is 0.306 e. The maximum absolute atomic E-state index is 12.7. The number of hydrogen-bond donors (Lipinski definition) is 0. The van der Waals surface area contributed by atoms with E-state index in [2.05, 4.69) is 50.3 Å². The van der Waals surface area contributed by atoms with E-state index in [4.69, 9.17) is 18.9 Å². The first-order valence-electron chi connectivity index (χ1n) is 19.6. The molecule has 0 heterocycles. The van der Waals surface area contributed by atoms with E-state index >= 15 is 0 Å². The molecule has 0 fully saturated rings. The van der Waals surface area contributed by atoms with Crippen LogP contribution < -0.4 is 5.11 Å². The van der Waals surface area contributed by atoms with Gasteiger partial charge in [0.2, 0.25) is 0 Å². The Morgan fingerprint density at radius 2 is 1.08 bits per heavy atom. The van der Waals surface area contributed by atoms with Gasteiger partial charge in [-0.3, -0.25) is 9.59 Å². The predicted octanol–water partition coefficient (Wildman–Crippen LogP) is 8.16. The van der Waals surface area contributed by atoms with E-state index in [0.717, 1.165) is 89.9 Å². The quantitative estimate of drug-likeness (QED) is 0.0213. The van der Waals surface area contributed by atoms with Crippen LogP contribution in [0.15, 0.2) is 36.5 Å². The van der Waals surface area contributed by atoms with Crippen LogP contribution in [0.2, 0.25) is 0 Å². The van der Waals surface area contributed by atoms with Crippen molar-refractivity contribution < 1.29 is 42.9 Å². The molecular formula is C41H73NO8.